The molecule has 4 rings (SSSR count). The minimum atomic E-state index is -2.95. The van der Waals surface area contributed by atoms with E-state index in [2.05, 4.69) is 13.8 Å². The van der Waals surface area contributed by atoms with E-state index < -0.39 is 7.60 Å². The lowest BCUT2D eigenvalue weighted by Gasteiger charge is -2.57. The van der Waals surface area contributed by atoms with Crippen LogP contribution in [0.3, 0.4) is 0 Å². The summed E-state index contributed by atoms with van der Waals surface area (Å²) in [6.45, 7) is 5.29. The predicted octanol–water partition coefficient (Wildman–Crippen LogP) is 5.00. The molecular weight excluding hydrogens is 271 g/mol. The fourth-order valence-electron chi connectivity index (χ4n) is 5.13. The van der Waals surface area contributed by atoms with Gasteiger partial charge in [-0.25, -0.2) is 0 Å². The van der Waals surface area contributed by atoms with Crippen LogP contribution in [-0.4, -0.2) is 18.4 Å². The van der Waals surface area contributed by atoms with Crippen molar-refractivity contribution in [2.24, 2.45) is 17.8 Å². The maximum Gasteiger partial charge on any atom is 0.336 e. The topological polar surface area (TPSA) is 35.5 Å². The largest absolute Gasteiger partial charge is 0.336 e. The zero-order valence-electron chi connectivity index (χ0n) is 13.0. The molecule has 4 bridgehead atoms. The highest BCUT2D eigenvalue weighted by Crippen LogP contribution is 2.73. The lowest BCUT2D eigenvalue weighted by molar-refractivity contribution is 0.0149. The zero-order chi connectivity index (χ0) is 14.2. The van der Waals surface area contributed by atoms with Crippen LogP contribution in [0.4, 0.5) is 0 Å². The van der Waals surface area contributed by atoms with E-state index >= 15 is 0 Å². The summed E-state index contributed by atoms with van der Waals surface area (Å²) in [5.74, 6) is 2.35. The van der Waals surface area contributed by atoms with E-state index in [0.29, 0.717) is 13.2 Å². The van der Waals surface area contributed by atoms with Gasteiger partial charge in [0.1, 0.15) is 0 Å². The smallest absolute Gasteiger partial charge is 0.308 e. The first-order valence-corrected chi connectivity index (χ1v) is 10.0. The molecule has 4 aliphatic carbocycles. The summed E-state index contributed by atoms with van der Waals surface area (Å²) in [5, 5.41) is -0.133. The molecule has 0 saturated heterocycles. The molecule has 0 aromatic rings. The molecule has 0 N–H and O–H groups in total. The third-order valence-corrected chi connectivity index (χ3v) is 8.27. The fourth-order valence-corrected chi connectivity index (χ4v) is 8.05. The quantitative estimate of drug-likeness (QED) is 0.620. The molecule has 20 heavy (non-hydrogen) atoms. The van der Waals surface area contributed by atoms with E-state index in [1.54, 1.807) is 0 Å². The first-order chi connectivity index (χ1) is 9.61. The van der Waals surface area contributed by atoms with Crippen LogP contribution < -0.4 is 0 Å². The van der Waals surface area contributed by atoms with Gasteiger partial charge in [0.2, 0.25) is 0 Å². The summed E-state index contributed by atoms with van der Waals surface area (Å²) < 4.78 is 25.3. The molecule has 0 amide bonds. The van der Waals surface area contributed by atoms with E-state index in [1.165, 1.54) is 19.3 Å². The highest BCUT2D eigenvalue weighted by atomic mass is 31.2. The molecule has 0 atom stereocenters. The second-order valence-corrected chi connectivity index (χ2v) is 9.77. The highest BCUT2D eigenvalue weighted by molar-refractivity contribution is 7.55. The average molecular weight is 300 g/mol. The lowest BCUT2D eigenvalue weighted by Crippen LogP contribution is -2.50. The monoisotopic (exact) mass is 300 g/mol. The Balaban J connectivity index is 1.83. The second kappa shape index (κ2) is 5.74. The van der Waals surface area contributed by atoms with Crippen LogP contribution >= 0.6 is 7.60 Å². The normalized spacial score (nSPS) is 39.4. The maximum absolute atomic E-state index is 13.5. The van der Waals surface area contributed by atoms with Gasteiger partial charge >= 0.3 is 7.60 Å². The van der Waals surface area contributed by atoms with E-state index in [9.17, 15) is 4.57 Å². The highest BCUT2D eigenvalue weighted by Gasteiger charge is 2.61. The van der Waals surface area contributed by atoms with Crippen molar-refractivity contribution in [2.75, 3.05) is 13.2 Å². The first-order valence-electron chi connectivity index (χ1n) is 8.50. The molecule has 4 saturated carbocycles. The summed E-state index contributed by atoms with van der Waals surface area (Å²) >= 11 is 0. The number of hydrogen-bond donors (Lipinski definition) is 0. The van der Waals surface area contributed by atoms with Crippen LogP contribution in [0.15, 0.2) is 0 Å². The SMILES string of the molecule is CCCOP(=O)(OCCC)C12CC3CC(CC(C3)C1)C2. The van der Waals surface area contributed by atoms with Gasteiger partial charge < -0.3 is 9.05 Å². The molecule has 0 aliphatic heterocycles. The second-order valence-electron chi connectivity index (χ2n) is 7.31. The minimum Gasteiger partial charge on any atom is -0.308 e. The van der Waals surface area contributed by atoms with E-state index in [0.717, 1.165) is 49.9 Å². The van der Waals surface area contributed by atoms with Gasteiger partial charge in [-0.2, -0.15) is 0 Å². The maximum atomic E-state index is 13.5. The van der Waals surface area contributed by atoms with Gasteiger partial charge in [-0.1, -0.05) is 13.8 Å². The van der Waals surface area contributed by atoms with Gasteiger partial charge in [0.05, 0.1) is 18.4 Å². The van der Waals surface area contributed by atoms with Gasteiger partial charge in [-0.05, 0) is 69.1 Å². The molecule has 0 spiro atoms. The van der Waals surface area contributed by atoms with Crippen molar-refractivity contribution in [3.8, 4) is 0 Å². The van der Waals surface area contributed by atoms with Crippen molar-refractivity contribution in [3.05, 3.63) is 0 Å². The molecule has 0 aromatic heterocycles. The molecule has 4 heteroatoms. The molecule has 0 unspecified atom stereocenters. The van der Waals surface area contributed by atoms with Gasteiger partial charge in [0.25, 0.3) is 0 Å². The van der Waals surface area contributed by atoms with E-state index in [4.69, 9.17) is 9.05 Å². The molecule has 4 fully saturated rings. The summed E-state index contributed by atoms with van der Waals surface area (Å²) in [7, 11) is -2.95. The van der Waals surface area contributed by atoms with Crippen molar-refractivity contribution in [1.29, 1.82) is 0 Å². The summed E-state index contributed by atoms with van der Waals surface area (Å²) in [6.07, 6.45) is 9.16. The Bertz CT molecular complexity index is 346. The van der Waals surface area contributed by atoms with Crippen molar-refractivity contribution in [2.45, 2.75) is 70.4 Å². The molecule has 4 aliphatic rings. The van der Waals surface area contributed by atoms with Crippen LogP contribution in [0.1, 0.15) is 65.2 Å². The zero-order valence-corrected chi connectivity index (χ0v) is 13.9. The Morgan fingerprint density at radius 3 is 1.65 bits per heavy atom. The van der Waals surface area contributed by atoms with Crippen LogP contribution in [0.5, 0.6) is 0 Å². The molecule has 116 valence electrons. The van der Waals surface area contributed by atoms with Crippen molar-refractivity contribution in [3.63, 3.8) is 0 Å². The van der Waals surface area contributed by atoms with Crippen LogP contribution in [0, 0.1) is 17.8 Å². The molecule has 3 nitrogen and oxygen atoms in total. The summed E-state index contributed by atoms with van der Waals surface area (Å²) in [5.41, 5.74) is 0. The van der Waals surface area contributed by atoms with Crippen LogP contribution in [0.25, 0.3) is 0 Å². The Hall–Kier alpha value is 0.150. The molecule has 0 heterocycles. The van der Waals surface area contributed by atoms with Crippen molar-refractivity contribution < 1.29 is 13.6 Å². The lowest BCUT2D eigenvalue weighted by atomic mass is 9.56. The average Bonchev–Trinajstić information content (AvgIpc) is 2.41. The molecule has 0 aromatic carbocycles. The molecule has 0 radical (unpaired) electrons. The Kier molecular flexibility index (Phi) is 4.32. The number of rotatable bonds is 7. The summed E-state index contributed by atoms with van der Waals surface area (Å²) in [4.78, 5) is 0. The Morgan fingerprint density at radius 2 is 1.30 bits per heavy atom. The Morgan fingerprint density at radius 1 is 0.900 bits per heavy atom. The molecular formula is C16H29O3P. The van der Waals surface area contributed by atoms with Crippen molar-refractivity contribution >= 4 is 7.60 Å². The van der Waals surface area contributed by atoms with Crippen LogP contribution in [-0.2, 0) is 13.6 Å². The fraction of sp³-hybridized carbons (Fsp3) is 1.00. The minimum absolute atomic E-state index is 0.133. The van der Waals surface area contributed by atoms with Gasteiger partial charge in [-0.15, -0.1) is 0 Å². The van der Waals surface area contributed by atoms with Crippen LogP contribution in [0.2, 0.25) is 0 Å². The van der Waals surface area contributed by atoms with Gasteiger partial charge in [0, 0.05) is 0 Å². The predicted molar refractivity (Wildman–Crippen MR) is 81.0 cm³/mol. The first kappa shape index (κ1) is 15.1. The van der Waals surface area contributed by atoms with Crippen molar-refractivity contribution in [1.82, 2.24) is 0 Å². The third kappa shape index (κ3) is 2.51. The third-order valence-electron chi connectivity index (χ3n) is 5.52. The summed E-state index contributed by atoms with van der Waals surface area (Å²) in [6, 6.07) is 0. The number of hydrogen-bond acceptors (Lipinski definition) is 3. The standard InChI is InChI=1S/C16H29O3P/c1-3-5-18-20(17,19-6-4-2)16-10-13-7-14(11-16)9-15(8-13)12-16/h13-15H,3-12H2,1-2H3. The van der Waals surface area contributed by atoms with Gasteiger partial charge in [0.15, 0.2) is 0 Å². The Labute approximate surface area is 123 Å². The van der Waals surface area contributed by atoms with E-state index in [-0.39, 0.29) is 5.16 Å². The van der Waals surface area contributed by atoms with E-state index in [1.807, 2.05) is 0 Å². The van der Waals surface area contributed by atoms with Gasteiger partial charge in [-0.3, -0.25) is 4.57 Å².